The molecular weight excluding hydrogens is 492 g/mol. The molecule has 0 spiro atoms. The first-order valence-corrected chi connectivity index (χ1v) is 13.2. The van der Waals surface area contributed by atoms with Crippen LogP contribution in [0.2, 0.25) is 0 Å². The number of hydrogen-bond acceptors (Lipinski definition) is 4. The van der Waals surface area contributed by atoms with Crippen LogP contribution in [-0.2, 0) is 0 Å². The largest absolute Gasteiger partial charge is 0.457 e. The lowest BCUT2D eigenvalue weighted by atomic mass is 10.00. The van der Waals surface area contributed by atoms with Gasteiger partial charge in [0.05, 0.1) is 11.2 Å². The quantitative estimate of drug-likeness (QED) is 0.206. The molecule has 190 valence electrons. The highest BCUT2D eigenvalue weighted by atomic mass is 16.5. The Morgan fingerprint density at radius 3 is 1.93 bits per heavy atom. The number of rotatable bonds is 6. The van der Waals surface area contributed by atoms with E-state index in [1.165, 1.54) is 5.39 Å². The summed E-state index contributed by atoms with van der Waals surface area (Å²) in [6.07, 6.45) is 1.76. The average molecular weight is 517 g/mol. The molecule has 7 aromatic rings. The number of aromatic nitrogens is 2. The van der Waals surface area contributed by atoms with Crippen molar-refractivity contribution < 1.29 is 9.47 Å². The molecule has 7 rings (SSSR count). The van der Waals surface area contributed by atoms with E-state index in [4.69, 9.17) is 14.5 Å². The fraction of sp³-hybridized carbons (Fsp3) is 0. The van der Waals surface area contributed by atoms with Crippen molar-refractivity contribution in [3.8, 4) is 45.5 Å². The molecule has 0 aliphatic rings. The summed E-state index contributed by atoms with van der Waals surface area (Å²) in [7, 11) is 0. The van der Waals surface area contributed by atoms with E-state index >= 15 is 0 Å². The summed E-state index contributed by atoms with van der Waals surface area (Å²) in [5.74, 6) is 2.56. The van der Waals surface area contributed by atoms with Crippen molar-refractivity contribution in [1.82, 2.24) is 9.97 Å². The maximum absolute atomic E-state index is 6.28. The summed E-state index contributed by atoms with van der Waals surface area (Å²) in [5, 5.41) is 3.44. The zero-order valence-corrected chi connectivity index (χ0v) is 21.6. The van der Waals surface area contributed by atoms with Crippen molar-refractivity contribution in [2.75, 3.05) is 0 Å². The number of nitrogens with zero attached hydrogens (tertiary/aromatic N) is 2. The van der Waals surface area contributed by atoms with Gasteiger partial charge in [0.15, 0.2) is 0 Å². The van der Waals surface area contributed by atoms with Crippen molar-refractivity contribution >= 4 is 21.7 Å². The van der Waals surface area contributed by atoms with Crippen LogP contribution in [0, 0.1) is 0 Å². The number of ether oxygens (including phenoxy) is 2. The minimum absolute atomic E-state index is 0.523. The highest BCUT2D eigenvalue weighted by Gasteiger charge is 2.11. The minimum atomic E-state index is 0.523. The third kappa shape index (κ3) is 4.74. The first-order valence-electron chi connectivity index (χ1n) is 13.2. The lowest BCUT2D eigenvalue weighted by Crippen LogP contribution is -1.91. The van der Waals surface area contributed by atoms with Crippen LogP contribution in [0.3, 0.4) is 0 Å². The molecule has 0 atom stereocenters. The van der Waals surface area contributed by atoms with Crippen molar-refractivity contribution in [2.24, 2.45) is 0 Å². The second-order valence-corrected chi connectivity index (χ2v) is 9.48. The molecule has 0 aliphatic heterocycles. The lowest BCUT2D eigenvalue weighted by Gasteiger charge is -2.12. The predicted molar refractivity (Wildman–Crippen MR) is 161 cm³/mol. The van der Waals surface area contributed by atoms with Crippen LogP contribution in [0.4, 0.5) is 0 Å². The Labute approximate surface area is 232 Å². The van der Waals surface area contributed by atoms with Gasteiger partial charge in [-0.15, -0.1) is 0 Å². The summed E-state index contributed by atoms with van der Waals surface area (Å²) in [6.45, 7) is 0. The molecule has 0 radical (unpaired) electrons. The SMILES string of the molecule is c1ccc(-c2ccnc(Oc3cccc(Oc4cccc(-c5nc6ccccc6c6ccccc56)c4)c3)c2)cc1. The normalized spacial score (nSPS) is 11.0. The van der Waals surface area contributed by atoms with Crippen molar-refractivity contribution in [3.63, 3.8) is 0 Å². The number of fused-ring (bicyclic) bond motifs is 3. The van der Waals surface area contributed by atoms with Gasteiger partial charge in [-0.1, -0.05) is 91.0 Å². The van der Waals surface area contributed by atoms with E-state index in [-0.39, 0.29) is 0 Å². The van der Waals surface area contributed by atoms with E-state index in [1.807, 2.05) is 78.9 Å². The van der Waals surface area contributed by atoms with E-state index in [1.54, 1.807) is 6.20 Å². The van der Waals surface area contributed by atoms with Crippen LogP contribution in [-0.4, -0.2) is 9.97 Å². The molecule has 2 aromatic heterocycles. The first kappa shape index (κ1) is 23.6. The summed E-state index contributed by atoms with van der Waals surface area (Å²) >= 11 is 0. The molecule has 0 aliphatic carbocycles. The molecule has 4 nitrogen and oxygen atoms in total. The Morgan fingerprint density at radius 1 is 0.425 bits per heavy atom. The fourth-order valence-electron chi connectivity index (χ4n) is 4.96. The molecule has 0 N–H and O–H groups in total. The summed E-state index contributed by atoms with van der Waals surface area (Å²) in [4.78, 5) is 9.42. The van der Waals surface area contributed by atoms with Gasteiger partial charge in [-0.25, -0.2) is 9.97 Å². The smallest absolute Gasteiger partial charge is 0.219 e. The molecule has 2 heterocycles. The van der Waals surface area contributed by atoms with E-state index in [9.17, 15) is 0 Å². The van der Waals surface area contributed by atoms with Crippen molar-refractivity contribution in [2.45, 2.75) is 0 Å². The number of pyridine rings is 2. The highest BCUT2D eigenvalue weighted by molar-refractivity contribution is 6.10. The Kier molecular flexibility index (Phi) is 6.11. The summed E-state index contributed by atoms with van der Waals surface area (Å²) < 4.78 is 12.4. The van der Waals surface area contributed by atoms with Crippen LogP contribution >= 0.6 is 0 Å². The second kappa shape index (κ2) is 10.4. The Bertz CT molecular complexity index is 1970. The Hall–Kier alpha value is -5.48. The Balaban J connectivity index is 1.17. The monoisotopic (exact) mass is 516 g/mol. The maximum atomic E-state index is 6.28. The van der Waals surface area contributed by atoms with Gasteiger partial charge in [-0.3, -0.25) is 0 Å². The molecular formula is C36H24N2O2. The van der Waals surface area contributed by atoms with Crippen LogP contribution in [0.25, 0.3) is 44.1 Å². The number of hydrogen-bond donors (Lipinski definition) is 0. The van der Waals surface area contributed by atoms with Gasteiger partial charge < -0.3 is 9.47 Å². The van der Waals surface area contributed by atoms with E-state index in [2.05, 4.69) is 65.6 Å². The molecule has 0 unspecified atom stereocenters. The fourth-order valence-corrected chi connectivity index (χ4v) is 4.96. The van der Waals surface area contributed by atoms with Gasteiger partial charge in [0.2, 0.25) is 5.88 Å². The molecule has 0 fully saturated rings. The second-order valence-electron chi connectivity index (χ2n) is 9.48. The van der Waals surface area contributed by atoms with E-state index in [0.29, 0.717) is 17.4 Å². The third-order valence-electron chi connectivity index (χ3n) is 6.82. The van der Waals surface area contributed by atoms with Gasteiger partial charge in [-0.2, -0.15) is 0 Å². The van der Waals surface area contributed by atoms with Crippen LogP contribution in [0.15, 0.2) is 146 Å². The Morgan fingerprint density at radius 2 is 1.07 bits per heavy atom. The van der Waals surface area contributed by atoms with Crippen LogP contribution < -0.4 is 9.47 Å². The maximum Gasteiger partial charge on any atom is 0.219 e. The van der Waals surface area contributed by atoms with Crippen molar-refractivity contribution in [3.05, 3.63) is 146 Å². The number of para-hydroxylation sites is 1. The van der Waals surface area contributed by atoms with E-state index in [0.717, 1.165) is 44.4 Å². The number of benzene rings is 5. The first-order chi connectivity index (χ1) is 19.8. The summed E-state index contributed by atoms with van der Waals surface area (Å²) in [6, 6.07) is 46.4. The zero-order chi connectivity index (χ0) is 26.7. The highest BCUT2D eigenvalue weighted by Crippen LogP contribution is 2.35. The van der Waals surface area contributed by atoms with Gasteiger partial charge in [0, 0.05) is 34.7 Å². The standard InChI is InChI=1S/C36H24N2O2/c1-2-10-25(11-3-1)26-20-21-37-35(23-26)40-30-15-9-14-29(24-30)39-28-13-8-12-27(22-28)36-33-18-5-4-16-31(33)32-17-6-7-19-34(32)38-36/h1-24H. The lowest BCUT2D eigenvalue weighted by molar-refractivity contribution is 0.449. The predicted octanol–water partition coefficient (Wildman–Crippen LogP) is 9.70. The third-order valence-corrected chi connectivity index (χ3v) is 6.82. The van der Waals surface area contributed by atoms with Gasteiger partial charge in [-0.05, 0) is 52.9 Å². The van der Waals surface area contributed by atoms with Gasteiger partial charge >= 0.3 is 0 Å². The van der Waals surface area contributed by atoms with Gasteiger partial charge in [0.25, 0.3) is 0 Å². The molecule has 0 saturated carbocycles. The van der Waals surface area contributed by atoms with E-state index < -0.39 is 0 Å². The average Bonchev–Trinajstić information content (AvgIpc) is 3.01. The van der Waals surface area contributed by atoms with Crippen LogP contribution in [0.1, 0.15) is 0 Å². The minimum Gasteiger partial charge on any atom is -0.457 e. The molecule has 4 heteroatoms. The van der Waals surface area contributed by atoms with Crippen LogP contribution in [0.5, 0.6) is 23.1 Å². The molecule has 40 heavy (non-hydrogen) atoms. The summed E-state index contributed by atoms with van der Waals surface area (Å²) in [5.41, 5.74) is 5.05. The topological polar surface area (TPSA) is 44.2 Å². The molecule has 0 saturated heterocycles. The molecule has 0 amide bonds. The molecule has 0 bridgehead atoms. The van der Waals surface area contributed by atoms with Gasteiger partial charge in [0.1, 0.15) is 17.2 Å². The molecule has 5 aromatic carbocycles. The zero-order valence-electron chi connectivity index (χ0n) is 21.6. The van der Waals surface area contributed by atoms with Crippen molar-refractivity contribution in [1.29, 1.82) is 0 Å².